The molecular formula is C17H28N4OS2. The van der Waals surface area contributed by atoms with E-state index in [4.69, 9.17) is 4.74 Å². The first-order valence-electron chi connectivity index (χ1n) is 8.70. The smallest absolute Gasteiger partial charge is 0.191 e. The Kier molecular flexibility index (Phi) is 6.83. The molecule has 0 aromatic carbocycles. The summed E-state index contributed by atoms with van der Waals surface area (Å²) in [4.78, 5) is 8.43. The summed E-state index contributed by atoms with van der Waals surface area (Å²) >= 11 is 3.88. The fraction of sp³-hybridized carbons (Fsp3) is 0.706. The minimum Gasteiger partial charge on any atom is -0.379 e. The molecule has 2 fully saturated rings. The molecule has 0 spiro atoms. The Bertz CT molecular complexity index is 509. The van der Waals surface area contributed by atoms with Gasteiger partial charge in [-0.15, -0.1) is 11.3 Å². The molecule has 1 atom stereocenters. The number of morpholine rings is 1. The molecule has 0 radical (unpaired) electrons. The molecule has 1 aromatic rings. The summed E-state index contributed by atoms with van der Waals surface area (Å²) in [6.45, 7) is 5.69. The van der Waals surface area contributed by atoms with Gasteiger partial charge in [0.25, 0.3) is 0 Å². The van der Waals surface area contributed by atoms with E-state index in [1.807, 2.05) is 18.4 Å². The Hall–Kier alpha value is -0.760. The van der Waals surface area contributed by atoms with Crippen LogP contribution in [0.1, 0.15) is 11.3 Å². The molecule has 0 amide bonds. The van der Waals surface area contributed by atoms with Crippen LogP contribution in [-0.4, -0.2) is 74.3 Å². The summed E-state index contributed by atoms with van der Waals surface area (Å²) in [6.07, 6.45) is 2.29. The molecule has 0 saturated carbocycles. The van der Waals surface area contributed by atoms with Crippen molar-refractivity contribution >= 4 is 29.1 Å². The van der Waals surface area contributed by atoms with Crippen LogP contribution in [-0.2, 0) is 11.2 Å². The Balaban J connectivity index is 1.49. The molecule has 2 aliphatic heterocycles. The number of guanidine groups is 1. The van der Waals surface area contributed by atoms with Crippen LogP contribution in [0.3, 0.4) is 0 Å². The second kappa shape index (κ2) is 9.08. The molecule has 134 valence electrons. The summed E-state index contributed by atoms with van der Waals surface area (Å²) in [5.41, 5.74) is 0.250. The molecule has 2 saturated heterocycles. The van der Waals surface area contributed by atoms with Crippen LogP contribution >= 0.6 is 23.1 Å². The summed E-state index contributed by atoms with van der Waals surface area (Å²) in [6, 6.07) is 4.29. The second-order valence-corrected chi connectivity index (χ2v) is 8.45. The predicted molar refractivity (Wildman–Crippen MR) is 104 cm³/mol. The number of thioether (sulfide) groups is 1. The lowest BCUT2D eigenvalue weighted by Crippen LogP contribution is -2.60. The summed E-state index contributed by atoms with van der Waals surface area (Å²) in [5, 5.41) is 9.15. The van der Waals surface area contributed by atoms with Gasteiger partial charge in [-0.3, -0.25) is 9.89 Å². The van der Waals surface area contributed by atoms with Gasteiger partial charge in [0.1, 0.15) is 0 Å². The maximum absolute atomic E-state index is 5.54. The van der Waals surface area contributed by atoms with Gasteiger partial charge in [-0.25, -0.2) is 0 Å². The Morgan fingerprint density at radius 3 is 2.92 bits per heavy atom. The highest BCUT2D eigenvalue weighted by Gasteiger charge is 2.40. The molecule has 24 heavy (non-hydrogen) atoms. The predicted octanol–water partition coefficient (Wildman–Crippen LogP) is 1.66. The zero-order valence-electron chi connectivity index (χ0n) is 14.4. The molecule has 2 N–H and O–H groups in total. The molecule has 2 aliphatic rings. The lowest BCUT2D eigenvalue weighted by atomic mass is 9.95. The van der Waals surface area contributed by atoms with Gasteiger partial charge in [0.15, 0.2) is 5.96 Å². The van der Waals surface area contributed by atoms with Crippen LogP contribution in [0.4, 0.5) is 0 Å². The fourth-order valence-electron chi connectivity index (χ4n) is 3.36. The van der Waals surface area contributed by atoms with E-state index in [0.29, 0.717) is 0 Å². The normalized spacial score (nSPS) is 25.8. The van der Waals surface area contributed by atoms with Crippen LogP contribution in [0, 0.1) is 0 Å². The monoisotopic (exact) mass is 368 g/mol. The van der Waals surface area contributed by atoms with Gasteiger partial charge >= 0.3 is 0 Å². The van der Waals surface area contributed by atoms with E-state index in [1.165, 1.54) is 22.8 Å². The largest absolute Gasteiger partial charge is 0.379 e. The van der Waals surface area contributed by atoms with Crippen LogP contribution in [0.2, 0.25) is 0 Å². The van der Waals surface area contributed by atoms with Crippen molar-refractivity contribution in [3.05, 3.63) is 22.4 Å². The highest BCUT2D eigenvalue weighted by molar-refractivity contribution is 7.99. The third-order valence-corrected chi connectivity index (χ3v) is 6.99. The first-order valence-corrected chi connectivity index (χ1v) is 10.7. The van der Waals surface area contributed by atoms with Crippen LogP contribution in [0.15, 0.2) is 22.5 Å². The first kappa shape index (κ1) is 18.0. The lowest BCUT2D eigenvalue weighted by Gasteiger charge is -2.43. The molecule has 7 heteroatoms. The van der Waals surface area contributed by atoms with E-state index >= 15 is 0 Å². The number of rotatable bonds is 6. The van der Waals surface area contributed by atoms with E-state index in [1.54, 1.807) is 0 Å². The maximum Gasteiger partial charge on any atom is 0.191 e. The molecule has 3 rings (SSSR count). The molecule has 5 nitrogen and oxygen atoms in total. The van der Waals surface area contributed by atoms with Gasteiger partial charge in [-0.2, -0.15) is 11.8 Å². The van der Waals surface area contributed by atoms with E-state index in [2.05, 4.69) is 49.8 Å². The van der Waals surface area contributed by atoms with Crippen molar-refractivity contribution in [1.29, 1.82) is 0 Å². The topological polar surface area (TPSA) is 48.9 Å². The average Bonchev–Trinajstić information content (AvgIpc) is 3.31. The highest BCUT2D eigenvalue weighted by Crippen LogP contribution is 2.33. The molecule has 1 unspecified atom stereocenters. The zero-order valence-corrected chi connectivity index (χ0v) is 16.1. The number of hydrogen-bond donors (Lipinski definition) is 2. The molecule has 1 aromatic heterocycles. The van der Waals surface area contributed by atoms with Gasteiger partial charge in [-0.1, -0.05) is 6.07 Å². The van der Waals surface area contributed by atoms with Crippen LogP contribution in [0.5, 0.6) is 0 Å². The van der Waals surface area contributed by atoms with E-state index in [0.717, 1.165) is 51.8 Å². The van der Waals surface area contributed by atoms with Crippen molar-refractivity contribution in [1.82, 2.24) is 15.5 Å². The third-order valence-electron chi connectivity index (χ3n) is 4.82. The SMILES string of the molecule is CN=C(NCCc1cccs1)NCC1(N2CCOCC2)CCSC1. The lowest BCUT2D eigenvalue weighted by molar-refractivity contribution is -0.0120. The number of hydrogen-bond acceptors (Lipinski definition) is 5. The number of nitrogens with one attached hydrogen (secondary N) is 2. The number of thiophene rings is 1. The summed E-state index contributed by atoms with van der Waals surface area (Å²) in [5.74, 6) is 3.37. The average molecular weight is 369 g/mol. The standard InChI is InChI=1S/C17H28N4OS2/c1-18-16(19-6-4-15-3-2-11-24-15)20-13-17(5-12-23-14-17)21-7-9-22-10-8-21/h2-3,11H,4-10,12-14H2,1H3,(H2,18,19,20). The Morgan fingerprint density at radius 2 is 2.25 bits per heavy atom. The van der Waals surface area contributed by atoms with Crippen molar-refractivity contribution in [2.45, 2.75) is 18.4 Å². The van der Waals surface area contributed by atoms with E-state index in [9.17, 15) is 0 Å². The zero-order chi connectivity index (χ0) is 16.7. The molecule has 0 aliphatic carbocycles. The van der Waals surface area contributed by atoms with E-state index in [-0.39, 0.29) is 5.54 Å². The van der Waals surface area contributed by atoms with E-state index < -0.39 is 0 Å². The number of nitrogens with zero attached hydrogens (tertiary/aromatic N) is 2. The Morgan fingerprint density at radius 1 is 1.38 bits per heavy atom. The van der Waals surface area contributed by atoms with Crippen LogP contribution in [0.25, 0.3) is 0 Å². The van der Waals surface area contributed by atoms with Gasteiger partial charge in [0, 0.05) is 49.4 Å². The van der Waals surface area contributed by atoms with Crippen molar-refractivity contribution in [2.24, 2.45) is 4.99 Å². The quantitative estimate of drug-likeness (QED) is 0.591. The van der Waals surface area contributed by atoms with Crippen LogP contribution < -0.4 is 10.6 Å². The van der Waals surface area contributed by atoms with Gasteiger partial charge < -0.3 is 15.4 Å². The number of ether oxygens (including phenoxy) is 1. The minimum atomic E-state index is 0.250. The van der Waals surface area contributed by atoms with Gasteiger partial charge in [0.05, 0.1) is 13.2 Å². The van der Waals surface area contributed by atoms with Crippen molar-refractivity contribution in [2.75, 3.05) is 57.9 Å². The molecule has 0 bridgehead atoms. The maximum atomic E-state index is 5.54. The first-order chi connectivity index (χ1) is 11.8. The third kappa shape index (κ3) is 4.65. The van der Waals surface area contributed by atoms with Crippen molar-refractivity contribution in [3.63, 3.8) is 0 Å². The second-order valence-electron chi connectivity index (χ2n) is 6.31. The molecular weight excluding hydrogens is 340 g/mol. The Labute approximate surface area is 153 Å². The number of aliphatic imine (C=N–C) groups is 1. The van der Waals surface area contributed by atoms with Gasteiger partial charge in [0.2, 0.25) is 0 Å². The molecule has 3 heterocycles. The highest BCUT2D eigenvalue weighted by atomic mass is 32.2. The fourth-order valence-corrected chi connectivity index (χ4v) is 5.55. The minimum absolute atomic E-state index is 0.250. The summed E-state index contributed by atoms with van der Waals surface area (Å²) in [7, 11) is 1.85. The van der Waals surface area contributed by atoms with Crippen molar-refractivity contribution < 1.29 is 4.74 Å². The van der Waals surface area contributed by atoms with Gasteiger partial charge in [-0.05, 0) is 30.0 Å². The van der Waals surface area contributed by atoms with Crippen molar-refractivity contribution in [3.8, 4) is 0 Å². The summed E-state index contributed by atoms with van der Waals surface area (Å²) < 4.78 is 5.54.